The van der Waals surface area contributed by atoms with Gasteiger partial charge in [-0.1, -0.05) is 62.7 Å². The van der Waals surface area contributed by atoms with Crippen LogP contribution < -0.4 is 16.4 Å². The van der Waals surface area contributed by atoms with Gasteiger partial charge in [-0.2, -0.15) is 0 Å². The molecule has 2 aromatic rings. The number of aromatic hydroxyl groups is 1. The highest BCUT2D eigenvalue weighted by molar-refractivity contribution is 5.92. The second kappa shape index (κ2) is 11.9. The van der Waals surface area contributed by atoms with Gasteiger partial charge in [0.2, 0.25) is 11.8 Å². The maximum absolute atomic E-state index is 12.9. The highest BCUT2D eigenvalue weighted by Gasteiger charge is 2.31. The molecule has 0 heterocycles. The predicted molar refractivity (Wildman–Crippen MR) is 121 cm³/mol. The van der Waals surface area contributed by atoms with Crippen molar-refractivity contribution in [1.82, 2.24) is 10.6 Å². The molecule has 0 aromatic heterocycles. The minimum absolute atomic E-state index is 0.0377. The van der Waals surface area contributed by atoms with Crippen LogP contribution in [-0.4, -0.2) is 46.1 Å². The van der Waals surface area contributed by atoms with E-state index >= 15 is 0 Å². The van der Waals surface area contributed by atoms with E-state index in [2.05, 4.69) is 10.6 Å². The van der Waals surface area contributed by atoms with Crippen LogP contribution in [-0.2, 0) is 27.2 Å². The molecule has 0 unspecified atom stereocenters. The highest BCUT2D eigenvalue weighted by Crippen LogP contribution is 2.13. The van der Waals surface area contributed by atoms with Gasteiger partial charge in [0.25, 0.3) is 0 Å². The zero-order chi connectivity index (χ0) is 23.7. The van der Waals surface area contributed by atoms with Crippen molar-refractivity contribution in [2.75, 3.05) is 0 Å². The Labute approximate surface area is 187 Å². The lowest BCUT2D eigenvalue weighted by molar-refractivity contribution is -0.142. The van der Waals surface area contributed by atoms with E-state index in [-0.39, 0.29) is 18.1 Å². The molecule has 0 radical (unpaired) electrons. The molecule has 0 aliphatic carbocycles. The Bertz CT molecular complexity index is 902. The van der Waals surface area contributed by atoms with Crippen molar-refractivity contribution in [3.05, 3.63) is 65.7 Å². The summed E-state index contributed by atoms with van der Waals surface area (Å²) < 4.78 is 0. The SMILES string of the molecule is CC[C@H](C)[C@H](NC(=O)[C@@H](N)Cc1ccccc1)C(=O)N[C@@H](Cc1ccc(O)cc1)C(=O)O. The zero-order valence-electron chi connectivity index (χ0n) is 18.3. The van der Waals surface area contributed by atoms with E-state index in [0.717, 1.165) is 5.56 Å². The van der Waals surface area contributed by atoms with Crippen LogP contribution in [0, 0.1) is 5.92 Å². The number of hydrogen-bond donors (Lipinski definition) is 5. The Morgan fingerprint density at radius 3 is 2.06 bits per heavy atom. The van der Waals surface area contributed by atoms with Crippen molar-refractivity contribution in [3.8, 4) is 5.75 Å². The van der Waals surface area contributed by atoms with E-state index in [1.807, 2.05) is 44.2 Å². The molecule has 172 valence electrons. The molecule has 0 aliphatic rings. The Morgan fingerprint density at radius 2 is 1.50 bits per heavy atom. The summed E-state index contributed by atoms with van der Waals surface area (Å²) in [6.45, 7) is 3.69. The number of phenolic OH excluding ortho intramolecular Hbond substituents is 1. The minimum Gasteiger partial charge on any atom is -0.508 e. The molecule has 4 atom stereocenters. The smallest absolute Gasteiger partial charge is 0.326 e. The molecule has 6 N–H and O–H groups in total. The van der Waals surface area contributed by atoms with E-state index in [1.165, 1.54) is 12.1 Å². The Balaban J connectivity index is 2.07. The third kappa shape index (κ3) is 7.39. The molecule has 2 aromatic carbocycles. The number of aliphatic carboxylic acids is 1. The number of carboxylic acids is 1. The summed E-state index contributed by atoms with van der Waals surface area (Å²) >= 11 is 0. The van der Waals surface area contributed by atoms with E-state index < -0.39 is 35.9 Å². The summed E-state index contributed by atoms with van der Waals surface area (Å²) in [5.74, 6) is -2.41. The van der Waals surface area contributed by atoms with Gasteiger partial charge in [-0.25, -0.2) is 4.79 Å². The van der Waals surface area contributed by atoms with Gasteiger partial charge >= 0.3 is 5.97 Å². The third-order valence-corrected chi connectivity index (χ3v) is 5.42. The van der Waals surface area contributed by atoms with Gasteiger partial charge in [0.15, 0.2) is 0 Å². The lowest BCUT2D eigenvalue weighted by atomic mass is 9.96. The number of carbonyl (C=O) groups is 3. The molecule has 0 aliphatic heterocycles. The number of amides is 2. The predicted octanol–water partition coefficient (Wildman–Crippen LogP) is 1.61. The molecular weight excluding hydrogens is 410 g/mol. The standard InChI is InChI=1S/C24H31N3O5/c1-3-15(2)21(27-22(29)19(25)13-16-7-5-4-6-8-16)23(30)26-20(24(31)32)14-17-9-11-18(28)12-10-17/h4-12,15,19-21,28H,3,13-14,25H2,1-2H3,(H,26,30)(H,27,29)(H,31,32)/t15-,19-,20-,21-/m0/s1. The van der Waals surface area contributed by atoms with Crippen LogP contribution in [0.3, 0.4) is 0 Å². The molecule has 0 saturated carbocycles. The molecule has 32 heavy (non-hydrogen) atoms. The largest absolute Gasteiger partial charge is 0.508 e. The van der Waals surface area contributed by atoms with E-state index in [1.54, 1.807) is 12.1 Å². The van der Waals surface area contributed by atoms with Gasteiger partial charge in [0.1, 0.15) is 17.8 Å². The molecule has 8 heteroatoms. The Morgan fingerprint density at radius 1 is 0.906 bits per heavy atom. The molecule has 0 saturated heterocycles. The second-order valence-corrected chi connectivity index (χ2v) is 7.94. The maximum Gasteiger partial charge on any atom is 0.326 e. The first kappa shape index (κ1) is 24.9. The van der Waals surface area contributed by atoms with Crippen LogP contribution in [0.1, 0.15) is 31.4 Å². The van der Waals surface area contributed by atoms with Crippen molar-refractivity contribution in [3.63, 3.8) is 0 Å². The summed E-state index contributed by atoms with van der Waals surface area (Å²) in [6, 6.07) is 12.5. The highest BCUT2D eigenvalue weighted by atomic mass is 16.4. The van der Waals surface area contributed by atoms with Crippen LogP contribution in [0.4, 0.5) is 0 Å². The number of nitrogens with two attached hydrogens (primary N) is 1. The molecule has 0 bridgehead atoms. The minimum atomic E-state index is -1.19. The number of carboxylic acid groups (broad SMARTS) is 1. The number of carbonyl (C=O) groups excluding carboxylic acids is 2. The van der Waals surface area contributed by atoms with Crippen molar-refractivity contribution < 1.29 is 24.6 Å². The van der Waals surface area contributed by atoms with E-state index in [9.17, 15) is 24.6 Å². The van der Waals surface area contributed by atoms with E-state index in [4.69, 9.17) is 5.73 Å². The molecular formula is C24H31N3O5. The quantitative estimate of drug-likeness (QED) is 0.359. The molecule has 0 spiro atoms. The van der Waals surface area contributed by atoms with Crippen LogP contribution in [0.25, 0.3) is 0 Å². The molecule has 2 amide bonds. The fourth-order valence-corrected chi connectivity index (χ4v) is 3.25. The zero-order valence-corrected chi connectivity index (χ0v) is 18.3. The van der Waals surface area contributed by atoms with Crippen molar-refractivity contribution in [2.24, 2.45) is 11.7 Å². The summed E-state index contributed by atoms with van der Waals surface area (Å²) in [7, 11) is 0. The third-order valence-electron chi connectivity index (χ3n) is 5.42. The van der Waals surface area contributed by atoms with Crippen molar-refractivity contribution in [1.29, 1.82) is 0 Å². The first-order valence-electron chi connectivity index (χ1n) is 10.6. The first-order chi connectivity index (χ1) is 15.2. The monoisotopic (exact) mass is 441 g/mol. The van der Waals surface area contributed by atoms with E-state index in [0.29, 0.717) is 18.4 Å². The number of benzene rings is 2. The van der Waals surface area contributed by atoms with Gasteiger partial charge in [0, 0.05) is 6.42 Å². The topological polar surface area (TPSA) is 142 Å². The number of rotatable bonds is 11. The Kier molecular flexibility index (Phi) is 9.22. The van der Waals surface area contributed by atoms with Crippen molar-refractivity contribution in [2.45, 2.75) is 51.2 Å². The number of nitrogens with one attached hydrogen (secondary N) is 2. The van der Waals surface area contributed by atoms with Gasteiger partial charge in [0.05, 0.1) is 6.04 Å². The Hall–Kier alpha value is -3.39. The van der Waals surface area contributed by atoms with Crippen LogP contribution in [0.5, 0.6) is 5.75 Å². The second-order valence-electron chi connectivity index (χ2n) is 7.94. The molecule has 2 rings (SSSR count). The average Bonchev–Trinajstić information content (AvgIpc) is 2.78. The van der Waals surface area contributed by atoms with Gasteiger partial charge < -0.3 is 26.6 Å². The van der Waals surface area contributed by atoms with Gasteiger partial charge in [-0.15, -0.1) is 0 Å². The summed E-state index contributed by atoms with van der Waals surface area (Å²) in [6.07, 6.45) is 0.957. The van der Waals surface area contributed by atoms with Crippen LogP contribution in [0.2, 0.25) is 0 Å². The first-order valence-corrected chi connectivity index (χ1v) is 10.6. The fourth-order valence-electron chi connectivity index (χ4n) is 3.25. The summed E-state index contributed by atoms with van der Waals surface area (Å²) in [4.78, 5) is 37.3. The van der Waals surface area contributed by atoms with Crippen LogP contribution in [0.15, 0.2) is 54.6 Å². The lowest BCUT2D eigenvalue weighted by Crippen LogP contribution is -2.57. The lowest BCUT2D eigenvalue weighted by Gasteiger charge is -2.26. The molecule has 8 nitrogen and oxygen atoms in total. The normalized spacial score (nSPS) is 14.6. The van der Waals surface area contributed by atoms with Crippen LogP contribution >= 0.6 is 0 Å². The number of hydrogen-bond acceptors (Lipinski definition) is 5. The van der Waals surface area contributed by atoms with Gasteiger partial charge in [-0.3, -0.25) is 9.59 Å². The van der Waals surface area contributed by atoms with Crippen molar-refractivity contribution >= 4 is 17.8 Å². The maximum atomic E-state index is 12.9. The average molecular weight is 442 g/mol. The van der Waals surface area contributed by atoms with Gasteiger partial charge in [-0.05, 0) is 35.6 Å². The summed E-state index contributed by atoms with van der Waals surface area (Å²) in [5.41, 5.74) is 7.59. The number of phenols is 1. The summed E-state index contributed by atoms with van der Waals surface area (Å²) in [5, 5.41) is 24.2. The fraction of sp³-hybridized carbons (Fsp3) is 0.375. The molecule has 0 fully saturated rings.